The van der Waals surface area contributed by atoms with Crippen molar-refractivity contribution >= 4 is 21.9 Å². The number of ether oxygens (including phenoxy) is 2. The van der Waals surface area contributed by atoms with Crippen LogP contribution in [-0.2, 0) is 15.3 Å². The maximum absolute atomic E-state index is 13.3. The molecule has 0 saturated carbocycles. The molecule has 0 aliphatic carbocycles. The number of benzene rings is 2. The first-order valence-corrected chi connectivity index (χ1v) is 6.87. The van der Waals surface area contributed by atoms with E-state index in [1.54, 1.807) is 24.3 Å². The Morgan fingerprint density at radius 3 is 2.80 bits per heavy atom. The summed E-state index contributed by atoms with van der Waals surface area (Å²) in [5.74, 6) is -1.76. The zero-order chi connectivity index (χ0) is 13.9. The summed E-state index contributed by atoms with van der Waals surface area (Å²) in [4.78, 5) is 11.8. The second-order valence-corrected chi connectivity index (χ2v) is 5.63. The summed E-state index contributed by atoms with van der Waals surface area (Å²) in [5, 5.41) is 0. The fourth-order valence-electron chi connectivity index (χ4n) is 2.60. The number of hydrogen-bond donors (Lipinski definition) is 0. The van der Waals surface area contributed by atoms with Gasteiger partial charge in [0.05, 0.1) is 10.0 Å². The van der Waals surface area contributed by atoms with Crippen molar-refractivity contribution < 1.29 is 18.7 Å². The lowest BCUT2D eigenvalue weighted by molar-refractivity contribution is -0.00812. The Morgan fingerprint density at radius 2 is 2.00 bits per heavy atom. The molecule has 0 radical (unpaired) electrons. The van der Waals surface area contributed by atoms with E-state index in [-0.39, 0.29) is 11.8 Å². The molecule has 0 aromatic heterocycles. The molecule has 2 atom stereocenters. The van der Waals surface area contributed by atoms with E-state index in [0.29, 0.717) is 10.0 Å². The first-order valence-electron chi connectivity index (χ1n) is 6.07. The summed E-state index contributed by atoms with van der Waals surface area (Å²) in [5.41, 5.74) is 2.02. The van der Waals surface area contributed by atoms with Crippen LogP contribution in [0.1, 0.15) is 27.6 Å². The fourth-order valence-corrected chi connectivity index (χ4v) is 3.00. The van der Waals surface area contributed by atoms with Crippen LogP contribution in [0.2, 0.25) is 0 Å². The van der Waals surface area contributed by atoms with Crippen molar-refractivity contribution in [2.24, 2.45) is 0 Å². The number of fused-ring (bicyclic) bond motifs is 2. The van der Waals surface area contributed by atoms with Crippen LogP contribution >= 0.6 is 15.9 Å². The predicted molar refractivity (Wildman–Crippen MR) is 71.5 cm³/mol. The van der Waals surface area contributed by atoms with Crippen molar-refractivity contribution in [1.82, 2.24) is 0 Å². The molecule has 1 saturated heterocycles. The minimum absolute atomic E-state index is 0.340. The van der Waals surface area contributed by atoms with Gasteiger partial charge in [-0.25, -0.2) is 9.18 Å². The van der Waals surface area contributed by atoms with Crippen LogP contribution in [-0.4, -0.2) is 5.97 Å². The molecule has 0 N–H and O–H groups in total. The first kappa shape index (κ1) is 12.1. The van der Waals surface area contributed by atoms with Gasteiger partial charge in [0, 0.05) is 5.56 Å². The van der Waals surface area contributed by atoms with Gasteiger partial charge in [-0.05, 0) is 39.7 Å². The average Bonchev–Trinajstić information content (AvgIpc) is 3.09. The third kappa shape index (κ3) is 1.50. The van der Waals surface area contributed by atoms with E-state index in [9.17, 15) is 9.18 Å². The molecule has 2 aromatic carbocycles. The molecule has 2 aromatic rings. The van der Waals surface area contributed by atoms with E-state index in [2.05, 4.69) is 15.9 Å². The lowest BCUT2D eigenvalue weighted by Crippen LogP contribution is -2.09. The molecule has 2 aliphatic rings. The Morgan fingerprint density at radius 1 is 1.20 bits per heavy atom. The van der Waals surface area contributed by atoms with Gasteiger partial charge >= 0.3 is 5.97 Å². The fraction of sp³-hybridized carbons (Fsp3) is 0.133. The van der Waals surface area contributed by atoms with E-state index >= 15 is 0 Å². The van der Waals surface area contributed by atoms with Gasteiger partial charge in [-0.1, -0.05) is 24.3 Å². The normalized spacial score (nSPS) is 26.5. The molecule has 1 fully saturated rings. The summed E-state index contributed by atoms with van der Waals surface area (Å²) in [6.07, 6.45) is -0.396. The van der Waals surface area contributed by atoms with E-state index in [1.165, 1.54) is 6.07 Å². The monoisotopic (exact) mass is 334 g/mol. The zero-order valence-electron chi connectivity index (χ0n) is 10.1. The Bertz CT molecular complexity index is 746. The Kier molecular flexibility index (Phi) is 2.35. The molecule has 2 aliphatic heterocycles. The van der Waals surface area contributed by atoms with Gasteiger partial charge in [0.2, 0.25) is 0 Å². The highest BCUT2D eigenvalue weighted by Crippen LogP contribution is 2.61. The van der Waals surface area contributed by atoms with Gasteiger partial charge in [0.15, 0.2) is 6.10 Å². The molecule has 4 rings (SSSR count). The average molecular weight is 335 g/mol. The van der Waals surface area contributed by atoms with Gasteiger partial charge in [-0.2, -0.15) is 0 Å². The largest absolute Gasteiger partial charge is 0.422 e. The van der Waals surface area contributed by atoms with E-state index in [1.807, 2.05) is 12.1 Å². The maximum atomic E-state index is 13.3. The van der Waals surface area contributed by atoms with Gasteiger partial charge < -0.3 is 9.47 Å². The highest BCUT2D eigenvalue weighted by Gasteiger charge is 2.67. The van der Waals surface area contributed by atoms with Crippen LogP contribution < -0.4 is 0 Å². The predicted octanol–water partition coefficient (Wildman–Crippen LogP) is 3.68. The number of hydrogen-bond acceptors (Lipinski definition) is 3. The molecule has 0 bridgehead atoms. The minimum atomic E-state index is -1.04. The second-order valence-electron chi connectivity index (χ2n) is 4.77. The summed E-state index contributed by atoms with van der Waals surface area (Å²) in [7, 11) is 0. The minimum Gasteiger partial charge on any atom is -0.422 e. The molecule has 100 valence electrons. The van der Waals surface area contributed by atoms with Crippen molar-refractivity contribution in [1.29, 1.82) is 0 Å². The molecule has 3 nitrogen and oxygen atoms in total. The molecule has 1 spiro atoms. The Labute approximate surface area is 122 Å². The SMILES string of the molecule is O=C1OC2(OC2c2ccc(F)c(Br)c2)c2ccccc21. The van der Waals surface area contributed by atoms with Gasteiger partial charge in [-0.15, -0.1) is 0 Å². The van der Waals surface area contributed by atoms with E-state index < -0.39 is 11.9 Å². The number of halogens is 2. The van der Waals surface area contributed by atoms with Crippen LogP contribution in [0.3, 0.4) is 0 Å². The van der Waals surface area contributed by atoms with Crippen LogP contribution in [0.5, 0.6) is 0 Å². The molecule has 2 unspecified atom stereocenters. The van der Waals surface area contributed by atoms with Crippen LogP contribution in [0.15, 0.2) is 46.9 Å². The molecular weight excluding hydrogens is 327 g/mol. The second kappa shape index (κ2) is 3.90. The van der Waals surface area contributed by atoms with Crippen LogP contribution in [0, 0.1) is 5.82 Å². The van der Waals surface area contributed by atoms with Crippen molar-refractivity contribution in [3.63, 3.8) is 0 Å². The third-order valence-corrected chi connectivity index (χ3v) is 4.20. The summed E-state index contributed by atoms with van der Waals surface area (Å²) in [6.45, 7) is 0. The van der Waals surface area contributed by atoms with Gasteiger partial charge in [0.1, 0.15) is 5.82 Å². The Hall–Kier alpha value is -1.72. The molecule has 2 heterocycles. The highest BCUT2D eigenvalue weighted by molar-refractivity contribution is 9.10. The lowest BCUT2D eigenvalue weighted by atomic mass is 9.99. The van der Waals surface area contributed by atoms with Crippen LogP contribution in [0.4, 0.5) is 4.39 Å². The topological polar surface area (TPSA) is 38.8 Å². The number of carbonyl (C=O) groups excluding carboxylic acids is 1. The van der Waals surface area contributed by atoms with Crippen molar-refractivity contribution in [3.8, 4) is 0 Å². The number of carbonyl (C=O) groups is 1. The smallest absolute Gasteiger partial charge is 0.341 e. The number of epoxide rings is 1. The lowest BCUT2D eigenvalue weighted by Gasteiger charge is -2.05. The van der Waals surface area contributed by atoms with Gasteiger partial charge in [-0.3, -0.25) is 0 Å². The maximum Gasteiger partial charge on any atom is 0.341 e. The molecule has 0 amide bonds. The Balaban J connectivity index is 1.76. The molecular formula is C15H8BrFO3. The van der Waals surface area contributed by atoms with Crippen molar-refractivity contribution in [2.45, 2.75) is 11.9 Å². The van der Waals surface area contributed by atoms with Crippen LogP contribution in [0.25, 0.3) is 0 Å². The van der Waals surface area contributed by atoms with E-state index in [4.69, 9.17) is 9.47 Å². The van der Waals surface area contributed by atoms with Crippen molar-refractivity contribution in [3.05, 3.63) is 69.4 Å². The molecule has 20 heavy (non-hydrogen) atoms. The number of rotatable bonds is 1. The van der Waals surface area contributed by atoms with Crippen molar-refractivity contribution in [2.75, 3.05) is 0 Å². The summed E-state index contributed by atoms with van der Waals surface area (Å²) >= 11 is 3.14. The standard InChI is InChI=1S/C15H8BrFO3/c16-11-7-8(5-6-12(11)17)13-15(19-13)10-4-2-1-3-9(10)14(18)20-15/h1-7,13H. The quantitative estimate of drug-likeness (QED) is 0.589. The first-order chi connectivity index (χ1) is 9.62. The third-order valence-electron chi connectivity index (χ3n) is 3.59. The molecule has 5 heteroatoms. The summed E-state index contributed by atoms with van der Waals surface area (Å²) in [6, 6.07) is 11.8. The van der Waals surface area contributed by atoms with E-state index in [0.717, 1.165) is 11.1 Å². The highest BCUT2D eigenvalue weighted by atomic mass is 79.9. The zero-order valence-corrected chi connectivity index (χ0v) is 11.7. The van der Waals surface area contributed by atoms with Gasteiger partial charge in [0.25, 0.3) is 5.79 Å². The summed E-state index contributed by atoms with van der Waals surface area (Å²) < 4.78 is 24.7. The number of esters is 1.